The van der Waals surface area contributed by atoms with E-state index in [1.165, 1.54) is 24.3 Å². The second-order valence-electron chi connectivity index (χ2n) is 5.77. The minimum atomic E-state index is -0.385. The summed E-state index contributed by atoms with van der Waals surface area (Å²) in [5.74, 6) is -0.729. The van der Waals surface area contributed by atoms with Crippen LogP contribution in [0, 0.1) is 5.82 Å². The molecule has 2 rings (SSSR count). The summed E-state index contributed by atoms with van der Waals surface area (Å²) in [6, 6.07) is 13.2. The van der Waals surface area contributed by atoms with Gasteiger partial charge in [0.05, 0.1) is 0 Å². The maximum absolute atomic E-state index is 12.8. The van der Waals surface area contributed by atoms with Crippen LogP contribution in [0.5, 0.6) is 0 Å². The van der Waals surface area contributed by atoms with Gasteiger partial charge in [-0.15, -0.1) is 0 Å². The van der Waals surface area contributed by atoms with Crippen molar-refractivity contribution in [3.8, 4) is 0 Å². The summed E-state index contributed by atoms with van der Waals surface area (Å²) >= 11 is 0. The van der Waals surface area contributed by atoms with Gasteiger partial charge in [0, 0.05) is 44.7 Å². The van der Waals surface area contributed by atoms with Crippen LogP contribution in [-0.4, -0.2) is 25.8 Å². The first kappa shape index (κ1) is 17.7. The van der Waals surface area contributed by atoms with Crippen LogP contribution in [-0.2, 0) is 11.3 Å². The molecule has 0 fully saturated rings. The first-order chi connectivity index (χ1) is 11.5. The standard InChI is InChI=1S/C19H21FN2O2/c1-22(2)17-9-3-14(4-10-17)13-21-19(24)12-11-18(23)15-5-7-16(20)8-6-15/h3-10H,11-13H2,1-2H3,(H,21,24). The van der Waals surface area contributed by atoms with Gasteiger partial charge in [-0.1, -0.05) is 12.1 Å². The Labute approximate surface area is 141 Å². The van der Waals surface area contributed by atoms with Gasteiger partial charge >= 0.3 is 0 Å². The quantitative estimate of drug-likeness (QED) is 0.794. The third kappa shape index (κ3) is 5.19. The monoisotopic (exact) mass is 328 g/mol. The van der Waals surface area contributed by atoms with E-state index >= 15 is 0 Å². The SMILES string of the molecule is CN(C)c1ccc(CNC(=O)CCC(=O)c2ccc(F)cc2)cc1. The number of Topliss-reactive ketones (excluding diaryl/α,β-unsaturated/α-hetero) is 1. The third-order valence-corrected chi connectivity index (χ3v) is 3.69. The van der Waals surface area contributed by atoms with Gasteiger partial charge in [-0.05, 0) is 42.0 Å². The third-order valence-electron chi connectivity index (χ3n) is 3.69. The zero-order valence-electron chi connectivity index (χ0n) is 13.9. The number of halogens is 1. The zero-order chi connectivity index (χ0) is 17.5. The van der Waals surface area contributed by atoms with Crippen LogP contribution in [0.3, 0.4) is 0 Å². The maximum Gasteiger partial charge on any atom is 0.220 e. The Balaban J connectivity index is 1.77. The molecule has 4 nitrogen and oxygen atoms in total. The number of carbonyl (C=O) groups excluding carboxylic acids is 2. The number of carbonyl (C=O) groups is 2. The van der Waals surface area contributed by atoms with Crippen molar-refractivity contribution in [2.24, 2.45) is 0 Å². The van der Waals surface area contributed by atoms with Crippen LogP contribution in [0.25, 0.3) is 0 Å². The summed E-state index contributed by atoms with van der Waals surface area (Å²) in [6.07, 6.45) is 0.225. The fraction of sp³-hybridized carbons (Fsp3) is 0.263. The largest absolute Gasteiger partial charge is 0.378 e. The van der Waals surface area contributed by atoms with Gasteiger partial charge in [0.2, 0.25) is 5.91 Å². The van der Waals surface area contributed by atoms with Crippen molar-refractivity contribution in [3.05, 3.63) is 65.5 Å². The molecule has 2 aromatic rings. The summed E-state index contributed by atoms with van der Waals surface area (Å²) in [4.78, 5) is 25.8. The number of ketones is 1. The lowest BCUT2D eigenvalue weighted by Crippen LogP contribution is -2.23. The van der Waals surface area contributed by atoms with Crippen LogP contribution in [0.1, 0.15) is 28.8 Å². The lowest BCUT2D eigenvalue weighted by Gasteiger charge is -2.13. The van der Waals surface area contributed by atoms with E-state index in [-0.39, 0.29) is 30.3 Å². The molecule has 0 aliphatic heterocycles. The molecule has 0 aromatic heterocycles. The highest BCUT2D eigenvalue weighted by molar-refractivity contribution is 5.97. The van der Waals surface area contributed by atoms with Crippen molar-refractivity contribution in [3.63, 3.8) is 0 Å². The molecule has 1 amide bonds. The van der Waals surface area contributed by atoms with Crippen molar-refractivity contribution in [2.75, 3.05) is 19.0 Å². The number of nitrogens with one attached hydrogen (secondary N) is 1. The Morgan fingerprint density at radius 2 is 1.58 bits per heavy atom. The molecule has 126 valence electrons. The number of benzene rings is 2. The van der Waals surface area contributed by atoms with Gasteiger partial charge in [0.1, 0.15) is 5.82 Å². The van der Waals surface area contributed by atoms with E-state index in [2.05, 4.69) is 5.32 Å². The van der Waals surface area contributed by atoms with E-state index in [0.717, 1.165) is 11.3 Å². The zero-order valence-corrected chi connectivity index (χ0v) is 13.9. The van der Waals surface area contributed by atoms with Crippen LogP contribution in [0.4, 0.5) is 10.1 Å². The number of hydrogen-bond acceptors (Lipinski definition) is 3. The summed E-state index contributed by atoms with van der Waals surface area (Å²) in [5, 5.41) is 2.80. The molecular formula is C19H21FN2O2. The molecule has 2 aromatic carbocycles. The molecule has 0 saturated carbocycles. The molecule has 0 bridgehead atoms. The average molecular weight is 328 g/mol. The highest BCUT2D eigenvalue weighted by atomic mass is 19.1. The summed E-state index contributed by atoms with van der Waals surface area (Å²) in [7, 11) is 3.93. The van der Waals surface area contributed by atoms with E-state index in [4.69, 9.17) is 0 Å². The summed E-state index contributed by atoms with van der Waals surface area (Å²) in [6.45, 7) is 0.428. The second-order valence-corrected chi connectivity index (χ2v) is 5.77. The molecule has 0 aliphatic rings. The van der Waals surface area contributed by atoms with E-state index in [0.29, 0.717) is 12.1 Å². The molecule has 0 radical (unpaired) electrons. The topological polar surface area (TPSA) is 49.4 Å². The lowest BCUT2D eigenvalue weighted by molar-refractivity contribution is -0.121. The van der Waals surface area contributed by atoms with Gasteiger partial charge in [0.25, 0.3) is 0 Å². The fourth-order valence-corrected chi connectivity index (χ4v) is 2.21. The van der Waals surface area contributed by atoms with E-state index in [9.17, 15) is 14.0 Å². The molecule has 5 heteroatoms. The van der Waals surface area contributed by atoms with Crippen molar-refractivity contribution in [1.82, 2.24) is 5.32 Å². The number of hydrogen-bond donors (Lipinski definition) is 1. The molecule has 0 spiro atoms. The highest BCUT2D eigenvalue weighted by Gasteiger charge is 2.09. The molecule has 0 aliphatic carbocycles. The Morgan fingerprint density at radius 3 is 2.17 bits per heavy atom. The number of anilines is 1. The summed E-state index contributed by atoms with van der Waals surface area (Å²) in [5.41, 5.74) is 2.51. The minimum absolute atomic E-state index is 0.108. The van der Waals surface area contributed by atoms with Gasteiger partial charge in [0.15, 0.2) is 5.78 Å². The van der Waals surface area contributed by atoms with E-state index in [1.54, 1.807) is 0 Å². The second kappa shape index (κ2) is 8.24. The number of amides is 1. The molecule has 0 unspecified atom stereocenters. The Morgan fingerprint density at radius 1 is 0.958 bits per heavy atom. The first-order valence-electron chi connectivity index (χ1n) is 7.77. The maximum atomic E-state index is 12.8. The normalized spacial score (nSPS) is 10.3. The van der Waals surface area contributed by atoms with Crippen LogP contribution >= 0.6 is 0 Å². The minimum Gasteiger partial charge on any atom is -0.378 e. The number of rotatable bonds is 7. The fourth-order valence-electron chi connectivity index (χ4n) is 2.21. The molecule has 0 atom stereocenters. The molecule has 0 saturated heterocycles. The lowest BCUT2D eigenvalue weighted by atomic mass is 10.1. The molecule has 0 heterocycles. The van der Waals surface area contributed by atoms with Gasteiger partial charge in [-0.2, -0.15) is 0 Å². The highest BCUT2D eigenvalue weighted by Crippen LogP contribution is 2.12. The molecule has 24 heavy (non-hydrogen) atoms. The Hall–Kier alpha value is -2.69. The number of nitrogens with zero attached hydrogens (tertiary/aromatic N) is 1. The van der Waals surface area contributed by atoms with E-state index in [1.807, 2.05) is 43.3 Å². The van der Waals surface area contributed by atoms with Crippen LogP contribution < -0.4 is 10.2 Å². The summed E-state index contributed by atoms with van der Waals surface area (Å²) < 4.78 is 12.8. The van der Waals surface area contributed by atoms with Crippen LogP contribution in [0.2, 0.25) is 0 Å². The smallest absolute Gasteiger partial charge is 0.220 e. The van der Waals surface area contributed by atoms with Gasteiger partial charge < -0.3 is 10.2 Å². The van der Waals surface area contributed by atoms with Crippen molar-refractivity contribution >= 4 is 17.4 Å². The van der Waals surface area contributed by atoms with Crippen LogP contribution in [0.15, 0.2) is 48.5 Å². The first-order valence-corrected chi connectivity index (χ1v) is 7.77. The van der Waals surface area contributed by atoms with Crippen molar-refractivity contribution in [1.29, 1.82) is 0 Å². The van der Waals surface area contributed by atoms with Gasteiger partial charge in [-0.3, -0.25) is 9.59 Å². The average Bonchev–Trinajstić information content (AvgIpc) is 2.58. The molecule has 1 N–H and O–H groups in total. The van der Waals surface area contributed by atoms with Crippen molar-refractivity contribution in [2.45, 2.75) is 19.4 Å². The molecular weight excluding hydrogens is 307 g/mol. The Bertz CT molecular complexity index is 694. The Kier molecular flexibility index (Phi) is 6.07. The predicted molar refractivity (Wildman–Crippen MR) is 92.6 cm³/mol. The van der Waals surface area contributed by atoms with Gasteiger partial charge in [-0.25, -0.2) is 4.39 Å². The van der Waals surface area contributed by atoms with E-state index < -0.39 is 0 Å². The van der Waals surface area contributed by atoms with Crippen molar-refractivity contribution < 1.29 is 14.0 Å². The predicted octanol–water partition coefficient (Wildman–Crippen LogP) is 3.17.